The molecule has 2 atom stereocenters. The molecule has 0 aromatic heterocycles. The fourth-order valence-corrected chi connectivity index (χ4v) is 5.28. The van der Waals surface area contributed by atoms with Crippen LogP contribution in [0.15, 0.2) is 48.5 Å². The molecule has 1 aliphatic heterocycles. The van der Waals surface area contributed by atoms with E-state index in [0.29, 0.717) is 13.2 Å². The summed E-state index contributed by atoms with van der Waals surface area (Å²) in [4.78, 5) is 0. The highest BCUT2D eigenvalue weighted by Crippen LogP contribution is 2.38. The van der Waals surface area contributed by atoms with Crippen molar-refractivity contribution in [3.05, 3.63) is 59.7 Å². The Morgan fingerprint density at radius 2 is 1.35 bits per heavy atom. The Morgan fingerprint density at radius 1 is 0.710 bits per heavy atom. The highest BCUT2D eigenvalue weighted by Gasteiger charge is 2.23. The zero-order valence-electron chi connectivity index (χ0n) is 19.5. The van der Waals surface area contributed by atoms with E-state index >= 15 is 0 Å². The Bertz CT molecular complexity index is 763. The molecule has 0 unspecified atom stereocenters. The molecule has 2 heteroatoms. The molecule has 4 rings (SSSR count). The molecule has 2 aromatic rings. The van der Waals surface area contributed by atoms with Gasteiger partial charge in [-0.15, -0.1) is 0 Å². The van der Waals surface area contributed by atoms with E-state index in [2.05, 4.69) is 62.4 Å². The quantitative estimate of drug-likeness (QED) is 0.402. The Hall–Kier alpha value is -1.64. The molecule has 1 saturated carbocycles. The molecule has 2 aliphatic rings. The number of benzene rings is 2. The molecule has 1 heterocycles. The standard InChI is InChI=1S/C29H40O2/c1-3-5-6-7-22-8-10-23(11-9-22)24-12-14-25(15-13-24)26-16-18-27(19-17-26)29-21-30-28(4-2)20-31-29/h12-19,22-23,28-29H,3-11,20-21H2,1-2H3/t22?,23?,28-,29-/m0/s1. The minimum atomic E-state index is 0.0660. The maximum atomic E-state index is 6.01. The second-order valence-corrected chi connectivity index (χ2v) is 9.64. The van der Waals surface area contributed by atoms with Gasteiger partial charge in [-0.25, -0.2) is 0 Å². The van der Waals surface area contributed by atoms with Crippen molar-refractivity contribution in [1.82, 2.24) is 0 Å². The average molecular weight is 421 g/mol. The van der Waals surface area contributed by atoms with Crippen LogP contribution in [-0.4, -0.2) is 19.3 Å². The summed E-state index contributed by atoms with van der Waals surface area (Å²) in [6.07, 6.45) is 12.5. The average Bonchev–Trinajstić information content (AvgIpc) is 2.85. The van der Waals surface area contributed by atoms with E-state index in [0.717, 1.165) is 18.3 Å². The first-order chi connectivity index (χ1) is 15.3. The van der Waals surface area contributed by atoms with Crippen LogP contribution in [0.25, 0.3) is 11.1 Å². The molecule has 2 nitrogen and oxygen atoms in total. The zero-order chi connectivity index (χ0) is 21.5. The number of hydrogen-bond acceptors (Lipinski definition) is 2. The van der Waals surface area contributed by atoms with Gasteiger partial charge in [-0.3, -0.25) is 0 Å². The van der Waals surface area contributed by atoms with Gasteiger partial charge >= 0.3 is 0 Å². The molecular formula is C29H40O2. The van der Waals surface area contributed by atoms with Crippen molar-refractivity contribution in [3.8, 4) is 11.1 Å². The predicted molar refractivity (Wildman–Crippen MR) is 129 cm³/mol. The van der Waals surface area contributed by atoms with Crippen LogP contribution in [0, 0.1) is 5.92 Å². The van der Waals surface area contributed by atoms with Crippen LogP contribution >= 0.6 is 0 Å². The lowest BCUT2D eigenvalue weighted by molar-refractivity contribution is -0.135. The van der Waals surface area contributed by atoms with E-state index in [-0.39, 0.29) is 12.2 Å². The van der Waals surface area contributed by atoms with Crippen molar-refractivity contribution >= 4 is 0 Å². The van der Waals surface area contributed by atoms with Crippen LogP contribution < -0.4 is 0 Å². The second kappa shape index (κ2) is 11.3. The third-order valence-corrected chi connectivity index (χ3v) is 7.48. The summed E-state index contributed by atoms with van der Waals surface area (Å²) in [6.45, 7) is 5.81. The van der Waals surface area contributed by atoms with E-state index in [9.17, 15) is 0 Å². The summed E-state index contributed by atoms with van der Waals surface area (Å²) in [6, 6.07) is 18.2. The summed E-state index contributed by atoms with van der Waals surface area (Å²) in [5, 5.41) is 0. The van der Waals surface area contributed by atoms with Gasteiger partial charge in [0.05, 0.1) is 19.3 Å². The fourth-order valence-electron chi connectivity index (χ4n) is 5.28. The summed E-state index contributed by atoms with van der Waals surface area (Å²) >= 11 is 0. The monoisotopic (exact) mass is 420 g/mol. The minimum Gasteiger partial charge on any atom is -0.373 e. The Morgan fingerprint density at radius 3 is 1.90 bits per heavy atom. The van der Waals surface area contributed by atoms with Crippen LogP contribution in [-0.2, 0) is 9.47 Å². The lowest BCUT2D eigenvalue weighted by atomic mass is 9.77. The number of hydrogen-bond donors (Lipinski definition) is 0. The molecule has 0 bridgehead atoms. The molecule has 31 heavy (non-hydrogen) atoms. The van der Waals surface area contributed by atoms with Gasteiger partial charge in [0.25, 0.3) is 0 Å². The van der Waals surface area contributed by atoms with Gasteiger partial charge in [0.15, 0.2) is 0 Å². The van der Waals surface area contributed by atoms with Crippen LogP contribution in [0.1, 0.15) is 94.8 Å². The third-order valence-electron chi connectivity index (χ3n) is 7.48. The first-order valence-electron chi connectivity index (χ1n) is 12.7. The maximum Gasteiger partial charge on any atom is 0.106 e. The smallest absolute Gasteiger partial charge is 0.106 e. The molecular weight excluding hydrogens is 380 g/mol. The Balaban J connectivity index is 1.30. The van der Waals surface area contributed by atoms with Crippen molar-refractivity contribution in [3.63, 3.8) is 0 Å². The van der Waals surface area contributed by atoms with Crippen molar-refractivity contribution in [2.45, 2.75) is 89.8 Å². The van der Waals surface area contributed by atoms with Crippen molar-refractivity contribution in [2.75, 3.05) is 13.2 Å². The first kappa shape index (κ1) is 22.6. The van der Waals surface area contributed by atoms with E-state index in [1.807, 2.05) is 0 Å². The van der Waals surface area contributed by atoms with Crippen LogP contribution in [0.2, 0.25) is 0 Å². The van der Waals surface area contributed by atoms with Gasteiger partial charge in [-0.1, -0.05) is 88.1 Å². The topological polar surface area (TPSA) is 18.5 Å². The molecule has 0 spiro atoms. The van der Waals surface area contributed by atoms with Gasteiger partial charge in [-0.2, -0.15) is 0 Å². The molecule has 0 N–H and O–H groups in total. The lowest BCUT2D eigenvalue weighted by Crippen LogP contribution is -2.30. The van der Waals surface area contributed by atoms with Crippen LogP contribution in [0.3, 0.4) is 0 Å². The summed E-state index contributed by atoms with van der Waals surface area (Å²) in [5.41, 5.74) is 5.32. The van der Waals surface area contributed by atoms with E-state index < -0.39 is 0 Å². The molecule has 0 amide bonds. The number of unbranched alkanes of at least 4 members (excludes halogenated alkanes) is 2. The summed E-state index contributed by atoms with van der Waals surface area (Å²) in [5.74, 6) is 1.74. The molecule has 2 aromatic carbocycles. The van der Waals surface area contributed by atoms with Crippen molar-refractivity contribution in [2.24, 2.45) is 5.92 Å². The molecule has 0 radical (unpaired) electrons. The van der Waals surface area contributed by atoms with Gasteiger partial charge in [0, 0.05) is 0 Å². The fraction of sp³-hybridized carbons (Fsp3) is 0.586. The Labute approximate surface area is 189 Å². The van der Waals surface area contributed by atoms with Gasteiger partial charge in [0.1, 0.15) is 6.10 Å². The first-order valence-corrected chi connectivity index (χ1v) is 12.7. The summed E-state index contributed by atoms with van der Waals surface area (Å²) < 4.78 is 11.9. The van der Waals surface area contributed by atoms with Crippen molar-refractivity contribution in [1.29, 1.82) is 0 Å². The highest BCUT2D eigenvalue weighted by molar-refractivity contribution is 5.64. The Kier molecular flexibility index (Phi) is 8.21. The normalized spacial score (nSPS) is 26.6. The van der Waals surface area contributed by atoms with Crippen molar-refractivity contribution < 1.29 is 9.47 Å². The largest absolute Gasteiger partial charge is 0.373 e. The number of ether oxygens (including phenoxy) is 2. The minimum absolute atomic E-state index is 0.0660. The third kappa shape index (κ3) is 5.99. The van der Waals surface area contributed by atoms with Gasteiger partial charge in [-0.05, 0) is 66.2 Å². The molecule has 1 saturated heterocycles. The molecule has 2 fully saturated rings. The number of rotatable bonds is 8. The van der Waals surface area contributed by atoms with Crippen LogP contribution in [0.4, 0.5) is 0 Å². The zero-order valence-corrected chi connectivity index (χ0v) is 19.5. The van der Waals surface area contributed by atoms with Gasteiger partial charge in [0.2, 0.25) is 0 Å². The van der Waals surface area contributed by atoms with E-state index in [1.165, 1.54) is 73.6 Å². The van der Waals surface area contributed by atoms with E-state index in [1.54, 1.807) is 0 Å². The predicted octanol–water partition coefficient (Wildman–Crippen LogP) is 8.07. The van der Waals surface area contributed by atoms with Gasteiger partial charge < -0.3 is 9.47 Å². The van der Waals surface area contributed by atoms with Crippen LogP contribution in [0.5, 0.6) is 0 Å². The molecule has 1 aliphatic carbocycles. The second-order valence-electron chi connectivity index (χ2n) is 9.64. The highest BCUT2D eigenvalue weighted by atomic mass is 16.6. The van der Waals surface area contributed by atoms with E-state index in [4.69, 9.17) is 9.47 Å². The SMILES string of the molecule is CCCCCC1CCC(c2ccc(-c3ccc([C@@H]4CO[C@@H](CC)CO4)cc3)cc2)CC1. The maximum absolute atomic E-state index is 6.01. The lowest BCUT2D eigenvalue weighted by Gasteiger charge is -2.29. The summed E-state index contributed by atoms with van der Waals surface area (Å²) in [7, 11) is 0. The molecule has 168 valence electrons.